The minimum Gasteiger partial charge on any atom is -0.417 e. The highest BCUT2D eigenvalue weighted by Crippen LogP contribution is 2.26. The SMILES string of the molecule is Cc1cccc(C#CC(=O)Oc2cc(C)c(Br)c(C)c2)c1. The molecule has 0 heterocycles. The van der Waals surface area contributed by atoms with Crippen LogP contribution in [0.1, 0.15) is 22.3 Å². The van der Waals surface area contributed by atoms with Crippen molar-refractivity contribution in [3.8, 4) is 17.6 Å². The lowest BCUT2D eigenvalue weighted by Crippen LogP contribution is -2.05. The third-order valence-corrected chi connectivity index (χ3v) is 4.20. The summed E-state index contributed by atoms with van der Waals surface area (Å²) in [5.74, 6) is 5.27. The second-order valence-electron chi connectivity index (χ2n) is 4.88. The lowest BCUT2D eigenvalue weighted by Gasteiger charge is -2.06. The molecule has 0 spiro atoms. The molecule has 0 atom stereocenters. The molecule has 0 aliphatic carbocycles. The van der Waals surface area contributed by atoms with Crippen molar-refractivity contribution in [1.29, 1.82) is 0 Å². The smallest absolute Gasteiger partial charge is 0.390 e. The number of carbonyl (C=O) groups is 1. The lowest BCUT2D eigenvalue weighted by atomic mass is 10.1. The first-order valence-electron chi connectivity index (χ1n) is 6.53. The van der Waals surface area contributed by atoms with Gasteiger partial charge in [0.1, 0.15) is 5.75 Å². The van der Waals surface area contributed by atoms with Gasteiger partial charge in [-0.25, -0.2) is 4.79 Å². The summed E-state index contributed by atoms with van der Waals surface area (Å²) in [7, 11) is 0. The van der Waals surface area contributed by atoms with Crippen molar-refractivity contribution < 1.29 is 9.53 Å². The van der Waals surface area contributed by atoms with E-state index >= 15 is 0 Å². The molecule has 2 aromatic carbocycles. The van der Waals surface area contributed by atoms with Gasteiger partial charge in [0.2, 0.25) is 0 Å². The van der Waals surface area contributed by atoms with Gasteiger partial charge >= 0.3 is 5.97 Å². The molecule has 2 aromatic rings. The summed E-state index contributed by atoms with van der Waals surface area (Å²) >= 11 is 3.48. The fourth-order valence-electron chi connectivity index (χ4n) is 1.94. The van der Waals surface area contributed by atoms with Crippen LogP contribution in [-0.2, 0) is 4.79 Å². The third kappa shape index (κ3) is 4.21. The molecule has 0 unspecified atom stereocenters. The number of carbonyl (C=O) groups excluding carboxylic acids is 1. The summed E-state index contributed by atoms with van der Waals surface area (Å²) in [6, 6.07) is 11.3. The van der Waals surface area contributed by atoms with Gasteiger partial charge in [-0.05, 0) is 61.7 Å². The number of hydrogen-bond acceptors (Lipinski definition) is 2. The van der Waals surface area contributed by atoms with E-state index in [1.807, 2.05) is 57.2 Å². The fraction of sp³-hybridized carbons (Fsp3) is 0.167. The standard InChI is InChI=1S/C18H15BrO2/c1-12-5-4-6-15(9-12)7-8-17(20)21-16-10-13(2)18(19)14(3)11-16/h4-6,9-11H,1-3H3. The van der Waals surface area contributed by atoms with Crippen LogP contribution < -0.4 is 4.74 Å². The predicted molar refractivity (Wildman–Crippen MR) is 87.3 cm³/mol. The van der Waals surface area contributed by atoms with Crippen LogP contribution in [0.4, 0.5) is 0 Å². The van der Waals surface area contributed by atoms with Crippen LogP contribution in [0.15, 0.2) is 40.9 Å². The Balaban J connectivity index is 2.13. The zero-order chi connectivity index (χ0) is 15.4. The van der Waals surface area contributed by atoms with Crippen molar-refractivity contribution in [2.45, 2.75) is 20.8 Å². The van der Waals surface area contributed by atoms with E-state index in [0.29, 0.717) is 5.75 Å². The summed E-state index contributed by atoms with van der Waals surface area (Å²) in [6.07, 6.45) is 0. The minimum absolute atomic E-state index is 0.511. The molecule has 106 valence electrons. The van der Waals surface area contributed by atoms with Crippen LogP contribution in [0.5, 0.6) is 5.75 Å². The van der Waals surface area contributed by atoms with Crippen molar-refractivity contribution >= 4 is 21.9 Å². The van der Waals surface area contributed by atoms with Crippen molar-refractivity contribution in [1.82, 2.24) is 0 Å². The second kappa shape index (κ2) is 6.60. The van der Waals surface area contributed by atoms with Gasteiger partial charge in [-0.2, -0.15) is 0 Å². The Morgan fingerprint density at radius 2 is 1.76 bits per heavy atom. The summed E-state index contributed by atoms with van der Waals surface area (Å²) in [5, 5.41) is 0. The molecule has 0 radical (unpaired) electrons. The maximum Gasteiger partial charge on any atom is 0.390 e. The van der Waals surface area contributed by atoms with E-state index in [1.165, 1.54) is 0 Å². The van der Waals surface area contributed by atoms with E-state index in [1.54, 1.807) is 0 Å². The highest BCUT2D eigenvalue weighted by Gasteiger charge is 2.06. The quantitative estimate of drug-likeness (QED) is 0.438. The molecule has 0 amide bonds. The monoisotopic (exact) mass is 342 g/mol. The Morgan fingerprint density at radius 3 is 2.38 bits per heavy atom. The van der Waals surface area contributed by atoms with E-state index in [9.17, 15) is 4.79 Å². The predicted octanol–water partition coefficient (Wildman–Crippen LogP) is 4.33. The Labute approximate surface area is 133 Å². The van der Waals surface area contributed by atoms with Crippen LogP contribution >= 0.6 is 15.9 Å². The highest BCUT2D eigenvalue weighted by atomic mass is 79.9. The topological polar surface area (TPSA) is 26.3 Å². The van der Waals surface area contributed by atoms with Crippen LogP contribution in [-0.4, -0.2) is 5.97 Å². The highest BCUT2D eigenvalue weighted by molar-refractivity contribution is 9.10. The van der Waals surface area contributed by atoms with Gasteiger partial charge in [0.25, 0.3) is 0 Å². The number of hydrogen-bond donors (Lipinski definition) is 0. The Bertz CT molecular complexity index is 728. The van der Waals surface area contributed by atoms with Gasteiger partial charge in [0.05, 0.1) is 0 Å². The second-order valence-corrected chi connectivity index (χ2v) is 5.67. The average Bonchev–Trinajstić information content (AvgIpc) is 2.42. The van der Waals surface area contributed by atoms with Gasteiger partial charge in [-0.15, -0.1) is 0 Å². The molecule has 0 aliphatic rings. The number of ether oxygens (including phenoxy) is 1. The van der Waals surface area contributed by atoms with Gasteiger partial charge in [-0.3, -0.25) is 0 Å². The van der Waals surface area contributed by atoms with Crippen molar-refractivity contribution in [3.05, 3.63) is 63.1 Å². The van der Waals surface area contributed by atoms with E-state index in [2.05, 4.69) is 27.8 Å². The van der Waals surface area contributed by atoms with Crippen LogP contribution in [0.25, 0.3) is 0 Å². The maximum atomic E-state index is 11.8. The molecular weight excluding hydrogens is 328 g/mol. The Kier molecular flexibility index (Phi) is 4.82. The summed E-state index contributed by atoms with van der Waals surface area (Å²) in [6.45, 7) is 5.89. The van der Waals surface area contributed by atoms with Crippen molar-refractivity contribution in [3.63, 3.8) is 0 Å². The molecule has 2 nitrogen and oxygen atoms in total. The van der Waals surface area contributed by atoms with E-state index < -0.39 is 5.97 Å². The molecule has 0 aromatic heterocycles. The molecule has 21 heavy (non-hydrogen) atoms. The molecule has 0 saturated carbocycles. The first-order valence-corrected chi connectivity index (χ1v) is 7.32. The Morgan fingerprint density at radius 1 is 1.10 bits per heavy atom. The third-order valence-electron chi connectivity index (χ3n) is 2.95. The average molecular weight is 343 g/mol. The number of esters is 1. The van der Waals surface area contributed by atoms with Crippen molar-refractivity contribution in [2.24, 2.45) is 0 Å². The Hall–Kier alpha value is -2.05. The van der Waals surface area contributed by atoms with Gasteiger partial charge in [0, 0.05) is 16.0 Å². The largest absolute Gasteiger partial charge is 0.417 e. The molecular formula is C18H15BrO2. The zero-order valence-corrected chi connectivity index (χ0v) is 13.7. The lowest BCUT2D eigenvalue weighted by molar-refractivity contribution is -0.128. The number of benzene rings is 2. The molecule has 0 saturated heterocycles. The van der Waals surface area contributed by atoms with Gasteiger partial charge < -0.3 is 4.74 Å². The molecule has 0 fully saturated rings. The van der Waals surface area contributed by atoms with E-state index in [4.69, 9.17) is 4.74 Å². The molecule has 3 heteroatoms. The van der Waals surface area contributed by atoms with E-state index in [0.717, 1.165) is 26.7 Å². The number of rotatable bonds is 1. The first-order chi connectivity index (χ1) is 9.95. The summed E-state index contributed by atoms with van der Waals surface area (Å²) < 4.78 is 6.27. The van der Waals surface area contributed by atoms with Crippen LogP contribution in [0.3, 0.4) is 0 Å². The summed E-state index contributed by atoms with van der Waals surface area (Å²) in [5.41, 5.74) is 3.94. The van der Waals surface area contributed by atoms with Gasteiger partial charge in [0.15, 0.2) is 0 Å². The molecule has 2 rings (SSSR count). The fourth-order valence-corrected chi connectivity index (χ4v) is 2.17. The summed E-state index contributed by atoms with van der Waals surface area (Å²) in [4.78, 5) is 11.8. The van der Waals surface area contributed by atoms with Crippen molar-refractivity contribution in [2.75, 3.05) is 0 Å². The normalized spacial score (nSPS) is 9.71. The molecule has 0 aliphatic heterocycles. The van der Waals surface area contributed by atoms with E-state index in [-0.39, 0.29) is 0 Å². The first kappa shape index (κ1) is 15.3. The van der Waals surface area contributed by atoms with Crippen LogP contribution in [0, 0.1) is 32.6 Å². The molecule has 0 N–H and O–H groups in total. The molecule has 0 bridgehead atoms. The number of aryl methyl sites for hydroxylation is 3. The van der Waals surface area contributed by atoms with Crippen LogP contribution in [0.2, 0.25) is 0 Å². The number of halogens is 1. The zero-order valence-electron chi connectivity index (χ0n) is 12.2. The minimum atomic E-state index is -0.558. The van der Waals surface area contributed by atoms with Gasteiger partial charge in [-0.1, -0.05) is 34.0 Å². The maximum absolute atomic E-state index is 11.8.